The molecule has 0 saturated heterocycles. The molecule has 0 N–H and O–H groups in total. The number of benzene rings is 1. The lowest BCUT2D eigenvalue weighted by molar-refractivity contribution is -0.162. The van der Waals surface area contributed by atoms with Gasteiger partial charge in [0.25, 0.3) is 0 Å². The van der Waals surface area contributed by atoms with Gasteiger partial charge in [-0.3, -0.25) is 19.2 Å². The Morgan fingerprint density at radius 1 is 0.583 bits per heavy atom. The summed E-state index contributed by atoms with van der Waals surface area (Å²) in [6, 6.07) is 10.0. The third-order valence-electron chi connectivity index (χ3n) is 8.09. The summed E-state index contributed by atoms with van der Waals surface area (Å²) in [5.74, 6) is -1.53. The van der Waals surface area contributed by atoms with Gasteiger partial charge < -0.3 is 18.9 Å². The molecular weight excluding hydrogens is 608 g/mol. The van der Waals surface area contributed by atoms with Gasteiger partial charge in [-0.05, 0) is 89.5 Å². The van der Waals surface area contributed by atoms with Crippen LogP contribution in [0.15, 0.2) is 68.3 Å². The summed E-state index contributed by atoms with van der Waals surface area (Å²) >= 11 is 0. The lowest BCUT2D eigenvalue weighted by Gasteiger charge is -2.23. The van der Waals surface area contributed by atoms with Crippen LogP contribution in [-0.2, 0) is 44.5 Å². The molecule has 0 aliphatic rings. The second kappa shape index (κ2) is 27.4. The maximum atomic E-state index is 13.3. The summed E-state index contributed by atoms with van der Waals surface area (Å²) < 4.78 is 22.9. The number of methoxy groups -OCH3 is 1. The minimum absolute atomic E-state index is 0.0708. The maximum absolute atomic E-state index is 13.3. The van der Waals surface area contributed by atoms with Gasteiger partial charge in [0.1, 0.15) is 24.1 Å². The molecule has 1 aromatic carbocycles. The third-order valence-corrected chi connectivity index (χ3v) is 8.09. The van der Waals surface area contributed by atoms with E-state index in [1.807, 2.05) is 42.5 Å². The number of esters is 3. The summed E-state index contributed by atoms with van der Waals surface area (Å²) in [7, 11) is 1.59. The van der Waals surface area contributed by atoms with Gasteiger partial charge in [-0.1, -0.05) is 61.4 Å². The van der Waals surface area contributed by atoms with Crippen LogP contribution in [0.1, 0.15) is 122 Å². The Bertz CT molecular complexity index is 1080. The van der Waals surface area contributed by atoms with Crippen LogP contribution in [-0.4, -0.2) is 55.2 Å². The number of ketones is 1. The summed E-state index contributed by atoms with van der Waals surface area (Å²) in [6.45, 7) is 12.7. The fraction of sp³-hybridized carbons (Fsp3) is 0.600. The van der Waals surface area contributed by atoms with E-state index in [9.17, 15) is 19.2 Å². The van der Waals surface area contributed by atoms with Gasteiger partial charge in [0.15, 0.2) is 0 Å². The largest absolute Gasteiger partial charge is 0.462 e. The second-order valence-corrected chi connectivity index (χ2v) is 12.5. The highest BCUT2D eigenvalue weighted by molar-refractivity contribution is 5.77. The molecule has 0 amide bonds. The molecule has 4 atom stereocenters. The van der Waals surface area contributed by atoms with Crippen molar-refractivity contribution in [2.75, 3.05) is 7.11 Å². The average Bonchev–Trinajstić information content (AvgIpc) is 3.05. The van der Waals surface area contributed by atoms with E-state index in [0.717, 1.165) is 57.8 Å². The second-order valence-electron chi connectivity index (χ2n) is 12.5. The number of aryl methyl sites for hydroxylation is 1. The molecule has 0 bridgehead atoms. The molecule has 0 aromatic heterocycles. The third kappa shape index (κ3) is 22.1. The minimum atomic E-state index is -0.696. The number of allylic oxidation sites excluding steroid dienone is 3. The van der Waals surface area contributed by atoms with E-state index in [-0.39, 0.29) is 37.6 Å². The number of hydrogen-bond donors (Lipinski definition) is 0. The quantitative estimate of drug-likeness (QED) is 0.0347. The summed E-state index contributed by atoms with van der Waals surface area (Å²) in [5, 5.41) is 0. The predicted octanol–water partition coefficient (Wildman–Crippen LogP) is 8.76. The van der Waals surface area contributed by atoms with Crippen molar-refractivity contribution in [2.45, 2.75) is 147 Å². The van der Waals surface area contributed by atoms with Crippen LogP contribution >= 0.6 is 0 Å². The molecule has 1 rings (SSSR count). The fourth-order valence-corrected chi connectivity index (χ4v) is 5.44. The van der Waals surface area contributed by atoms with Gasteiger partial charge >= 0.3 is 17.9 Å². The molecule has 1 aromatic rings. The lowest BCUT2D eigenvalue weighted by atomic mass is 10.0. The Morgan fingerprint density at radius 3 is 1.54 bits per heavy atom. The number of hydrogen-bond acceptors (Lipinski definition) is 8. The maximum Gasteiger partial charge on any atom is 0.309 e. The number of rotatable bonds is 30. The summed E-state index contributed by atoms with van der Waals surface area (Å²) in [4.78, 5) is 50.9. The highest BCUT2D eigenvalue weighted by Crippen LogP contribution is 2.20. The standard InChI is InChI=1S/C40H60O8/c1-6-9-12-14-15-20-25-37(47-38(42)29-34(45-5)27-26-33-21-17-16-18-22-33)31-40(44)48-36(24-19-13-10-7-2)30-39(43)46-35(23-11-8-3)28-32(4)41/h6-8,16-18,21-22,34-37H,1-3,9-15,19-20,23-31H2,4-5H3. The molecule has 0 aliphatic heterocycles. The van der Waals surface area contributed by atoms with Crippen LogP contribution in [0.5, 0.6) is 0 Å². The van der Waals surface area contributed by atoms with E-state index < -0.39 is 36.2 Å². The number of carbonyl (C=O) groups is 4. The SMILES string of the molecule is C=CCCCCCCC(CC(=O)OC(CCCCC=C)CC(=O)OC(CCC=C)CC(C)=O)OC(=O)CC(CCc1ccccc1)OC. The highest BCUT2D eigenvalue weighted by atomic mass is 16.6. The van der Waals surface area contributed by atoms with E-state index in [2.05, 4.69) is 19.7 Å². The lowest BCUT2D eigenvalue weighted by Crippen LogP contribution is -2.29. The first kappa shape index (κ1) is 42.5. The molecule has 8 nitrogen and oxygen atoms in total. The predicted molar refractivity (Wildman–Crippen MR) is 190 cm³/mol. The Balaban J connectivity index is 2.88. The van der Waals surface area contributed by atoms with Crippen molar-refractivity contribution in [3.8, 4) is 0 Å². The Labute approximate surface area is 289 Å². The normalized spacial score (nSPS) is 13.4. The summed E-state index contributed by atoms with van der Waals surface area (Å²) in [6.07, 6.45) is 13.9. The smallest absolute Gasteiger partial charge is 0.309 e. The fourth-order valence-electron chi connectivity index (χ4n) is 5.44. The van der Waals surface area contributed by atoms with Crippen molar-refractivity contribution in [3.63, 3.8) is 0 Å². The van der Waals surface area contributed by atoms with Gasteiger partial charge in [0.05, 0.1) is 25.4 Å². The van der Waals surface area contributed by atoms with Crippen LogP contribution < -0.4 is 0 Å². The van der Waals surface area contributed by atoms with Crippen molar-refractivity contribution < 1.29 is 38.1 Å². The summed E-state index contributed by atoms with van der Waals surface area (Å²) in [5.41, 5.74) is 1.17. The number of carbonyl (C=O) groups excluding carboxylic acids is 4. The van der Waals surface area contributed by atoms with Crippen LogP contribution in [0.25, 0.3) is 0 Å². The van der Waals surface area contributed by atoms with Crippen molar-refractivity contribution in [2.24, 2.45) is 0 Å². The van der Waals surface area contributed by atoms with Gasteiger partial charge in [0.2, 0.25) is 0 Å². The molecule has 0 fully saturated rings. The molecule has 0 aliphatic carbocycles. The van der Waals surface area contributed by atoms with Crippen molar-refractivity contribution in [3.05, 3.63) is 73.9 Å². The van der Waals surface area contributed by atoms with Gasteiger partial charge in [-0.2, -0.15) is 0 Å². The molecule has 48 heavy (non-hydrogen) atoms. The first-order valence-electron chi connectivity index (χ1n) is 17.7. The van der Waals surface area contributed by atoms with Gasteiger partial charge in [0, 0.05) is 13.5 Å². The minimum Gasteiger partial charge on any atom is -0.462 e. The first-order valence-corrected chi connectivity index (χ1v) is 17.7. The molecular formula is C40H60O8. The van der Waals surface area contributed by atoms with Crippen molar-refractivity contribution in [1.82, 2.24) is 0 Å². The van der Waals surface area contributed by atoms with Gasteiger partial charge in [-0.25, -0.2) is 0 Å². The van der Waals surface area contributed by atoms with E-state index in [4.69, 9.17) is 18.9 Å². The van der Waals surface area contributed by atoms with E-state index in [1.54, 1.807) is 13.2 Å². The first-order chi connectivity index (χ1) is 23.2. The topological polar surface area (TPSA) is 105 Å². The van der Waals surface area contributed by atoms with Crippen LogP contribution in [0.4, 0.5) is 0 Å². The van der Waals surface area contributed by atoms with E-state index in [1.165, 1.54) is 12.5 Å². The zero-order valence-electron chi connectivity index (χ0n) is 29.5. The van der Waals surface area contributed by atoms with Crippen LogP contribution in [0, 0.1) is 0 Å². The highest BCUT2D eigenvalue weighted by Gasteiger charge is 2.26. The molecule has 268 valence electrons. The Kier molecular flexibility index (Phi) is 24.3. The number of ether oxygens (including phenoxy) is 4. The molecule has 8 heteroatoms. The Morgan fingerprint density at radius 2 is 1.04 bits per heavy atom. The molecule has 0 heterocycles. The van der Waals surface area contributed by atoms with Crippen molar-refractivity contribution >= 4 is 23.7 Å². The average molecular weight is 669 g/mol. The molecule has 0 saturated carbocycles. The van der Waals surface area contributed by atoms with Crippen LogP contribution in [0.2, 0.25) is 0 Å². The van der Waals surface area contributed by atoms with E-state index >= 15 is 0 Å². The van der Waals surface area contributed by atoms with Crippen molar-refractivity contribution in [1.29, 1.82) is 0 Å². The molecule has 4 unspecified atom stereocenters. The monoisotopic (exact) mass is 668 g/mol. The zero-order valence-corrected chi connectivity index (χ0v) is 29.5. The molecule has 0 spiro atoms. The van der Waals surface area contributed by atoms with Gasteiger partial charge in [-0.15, -0.1) is 19.7 Å². The number of Topliss-reactive ketones (excluding diaryl/α,β-unsaturated/α-hetero) is 1. The zero-order chi connectivity index (χ0) is 35.4. The van der Waals surface area contributed by atoms with Crippen LogP contribution in [0.3, 0.4) is 0 Å². The molecule has 0 radical (unpaired) electrons. The Hall–Kier alpha value is -3.52. The number of unbranched alkanes of at least 4 members (excludes halogenated alkanes) is 6. The van der Waals surface area contributed by atoms with E-state index in [0.29, 0.717) is 32.1 Å².